The van der Waals surface area contributed by atoms with E-state index in [-0.39, 0.29) is 5.92 Å². The van der Waals surface area contributed by atoms with Gasteiger partial charge in [0.25, 0.3) is 0 Å². The molecule has 0 atom stereocenters. The zero-order chi connectivity index (χ0) is 26.8. The molecule has 0 unspecified atom stereocenters. The molecule has 3 nitrogen and oxygen atoms in total. The van der Waals surface area contributed by atoms with Gasteiger partial charge in [-0.15, -0.1) is 0 Å². The summed E-state index contributed by atoms with van der Waals surface area (Å²) in [7, 11) is 0. The van der Waals surface area contributed by atoms with Gasteiger partial charge in [0.15, 0.2) is 0 Å². The van der Waals surface area contributed by atoms with Gasteiger partial charge in [-0.25, -0.2) is 9.97 Å². The second-order valence-corrected chi connectivity index (χ2v) is 10.4. The van der Waals surface area contributed by atoms with Crippen LogP contribution >= 0.6 is 0 Å². The number of nitrogens with zero attached hydrogens (tertiary/aromatic N) is 3. The largest absolute Gasteiger partial charge is 0.279 e. The van der Waals surface area contributed by atoms with Gasteiger partial charge in [0, 0.05) is 29.7 Å². The Morgan fingerprint density at radius 2 is 0.974 bits per heavy atom. The number of hydrogen-bond donors (Lipinski definition) is 0. The lowest BCUT2D eigenvalue weighted by Gasteiger charge is -2.28. The maximum absolute atomic E-state index is 4.56. The van der Waals surface area contributed by atoms with Crippen molar-refractivity contribution in [3.05, 3.63) is 147 Å². The Kier molecular flexibility index (Phi) is 7.11. The molecule has 4 aromatic carbocycles. The molecule has 0 aliphatic rings. The van der Waals surface area contributed by atoms with Gasteiger partial charge in [-0.05, 0) is 111 Å². The summed E-state index contributed by atoms with van der Waals surface area (Å²) in [5, 5.41) is 0. The highest BCUT2D eigenvalue weighted by Gasteiger charge is 2.25. The average Bonchev–Trinajstić information content (AvgIpc) is 2.89. The summed E-state index contributed by atoms with van der Waals surface area (Å²) < 4.78 is 0. The molecule has 5 aromatic rings. The Morgan fingerprint density at radius 1 is 0.526 bits per heavy atom. The van der Waals surface area contributed by atoms with Crippen LogP contribution in [0.2, 0.25) is 0 Å². The van der Waals surface area contributed by atoms with Crippen molar-refractivity contribution >= 4 is 17.3 Å². The van der Waals surface area contributed by atoms with Crippen molar-refractivity contribution in [3.8, 4) is 0 Å². The van der Waals surface area contributed by atoms with E-state index in [9.17, 15) is 0 Å². The molecule has 0 N–H and O–H groups in total. The highest BCUT2D eigenvalue weighted by molar-refractivity contribution is 5.72. The van der Waals surface area contributed by atoms with Crippen LogP contribution in [0.1, 0.15) is 56.0 Å². The lowest BCUT2D eigenvalue weighted by Crippen LogP contribution is -2.14. The maximum atomic E-state index is 4.56. The standard InChI is InChI=1S/C35H35N3/c1-23-19-25(3)32(26(4)20-23)34(33-27(5)21-24(2)22-28(33)6)29-13-15-31(16-14-29)38(30-11-8-7-9-12-30)35-36-17-10-18-37-35/h7-22,34H,1-6H3. The molecule has 190 valence electrons. The topological polar surface area (TPSA) is 29.0 Å². The quantitative estimate of drug-likeness (QED) is 0.219. The van der Waals surface area contributed by atoms with Gasteiger partial charge in [0.2, 0.25) is 5.95 Å². The van der Waals surface area contributed by atoms with Crippen molar-refractivity contribution in [1.82, 2.24) is 9.97 Å². The van der Waals surface area contributed by atoms with Crippen LogP contribution in [0.25, 0.3) is 0 Å². The minimum Gasteiger partial charge on any atom is -0.279 e. The van der Waals surface area contributed by atoms with E-state index in [0.717, 1.165) is 11.4 Å². The second-order valence-electron chi connectivity index (χ2n) is 10.4. The van der Waals surface area contributed by atoms with Gasteiger partial charge in [-0.1, -0.05) is 65.7 Å². The maximum Gasteiger partial charge on any atom is 0.234 e. The number of anilines is 3. The third kappa shape index (κ3) is 4.97. The predicted octanol–water partition coefficient (Wildman–Crippen LogP) is 8.98. The molecule has 5 rings (SSSR count). The van der Waals surface area contributed by atoms with Crippen LogP contribution in [0.15, 0.2) is 97.3 Å². The summed E-state index contributed by atoms with van der Waals surface area (Å²) in [6, 6.07) is 30.3. The lowest BCUT2D eigenvalue weighted by atomic mass is 9.77. The summed E-state index contributed by atoms with van der Waals surface area (Å²) >= 11 is 0. The monoisotopic (exact) mass is 497 g/mol. The molecule has 0 aliphatic carbocycles. The van der Waals surface area contributed by atoms with Crippen LogP contribution in [0.4, 0.5) is 17.3 Å². The van der Waals surface area contributed by atoms with Crippen LogP contribution in [-0.2, 0) is 0 Å². The SMILES string of the molecule is Cc1cc(C)c(C(c2ccc(N(c3ccccc3)c3ncccn3)cc2)c2c(C)cc(C)cc2C)c(C)c1. The first kappa shape index (κ1) is 25.4. The molecule has 1 heterocycles. The summed E-state index contributed by atoms with van der Waals surface area (Å²) in [4.78, 5) is 11.2. The Morgan fingerprint density at radius 3 is 1.45 bits per heavy atom. The Bertz CT molecular complexity index is 1410. The van der Waals surface area contributed by atoms with Crippen molar-refractivity contribution in [2.75, 3.05) is 4.90 Å². The molecule has 38 heavy (non-hydrogen) atoms. The average molecular weight is 498 g/mol. The molecule has 0 radical (unpaired) electrons. The van der Waals surface area contributed by atoms with E-state index in [1.54, 1.807) is 12.4 Å². The highest BCUT2D eigenvalue weighted by atomic mass is 15.3. The molecule has 0 fully saturated rings. The predicted molar refractivity (Wildman–Crippen MR) is 159 cm³/mol. The second kappa shape index (κ2) is 10.6. The van der Waals surface area contributed by atoms with Crippen molar-refractivity contribution in [2.45, 2.75) is 47.5 Å². The van der Waals surface area contributed by atoms with E-state index in [1.807, 2.05) is 24.3 Å². The Hall–Kier alpha value is -4.24. The number of aromatic nitrogens is 2. The van der Waals surface area contributed by atoms with Gasteiger partial charge in [-0.3, -0.25) is 4.90 Å². The molecule has 1 aromatic heterocycles. The minimum atomic E-state index is 0.142. The fourth-order valence-electron chi connectivity index (χ4n) is 5.95. The van der Waals surface area contributed by atoms with Crippen molar-refractivity contribution in [3.63, 3.8) is 0 Å². The number of aryl methyl sites for hydroxylation is 6. The van der Waals surface area contributed by atoms with Crippen molar-refractivity contribution < 1.29 is 0 Å². The van der Waals surface area contributed by atoms with Crippen LogP contribution in [0, 0.1) is 41.5 Å². The van der Waals surface area contributed by atoms with Gasteiger partial charge < -0.3 is 0 Å². The summed E-state index contributed by atoms with van der Waals surface area (Å²) in [6.07, 6.45) is 3.57. The van der Waals surface area contributed by atoms with Crippen LogP contribution < -0.4 is 4.90 Å². The first-order valence-corrected chi connectivity index (χ1v) is 13.2. The first-order chi connectivity index (χ1) is 18.3. The van der Waals surface area contributed by atoms with Crippen molar-refractivity contribution in [1.29, 1.82) is 0 Å². The fourth-order valence-corrected chi connectivity index (χ4v) is 5.95. The molecular formula is C35H35N3. The summed E-state index contributed by atoms with van der Waals surface area (Å²) in [6.45, 7) is 13.4. The van der Waals surface area contributed by atoms with Gasteiger partial charge >= 0.3 is 0 Å². The third-order valence-corrected chi connectivity index (χ3v) is 7.30. The van der Waals surface area contributed by atoms with Gasteiger partial charge in [0.05, 0.1) is 0 Å². The van der Waals surface area contributed by atoms with Crippen molar-refractivity contribution in [2.24, 2.45) is 0 Å². The minimum absolute atomic E-state index is 0.142. The summed E-state index contributed by atoms with van der Waals surface area (Å²) in [5.74, 6) is 0.793. The zero-order valence-corrected chi connectivity index (χ0v) is 23.2. The fraction of sp³-hybridized carbons (Fsp3) is 0.200. The van der Waals surface area contributed by atoms with E-state index in [4.69, 9.17) is 0 Å². The van der Waals surface area contributed by atoms with Gasteiger partial charge in [-0.2, -0.15) is 0 Å². The van der Waals surface area contributed by atoms with Crippen LogP contribution in [-0.4, -0.2) is 9.97 Å². The highest BCUT2D eigenvalue weighted by Crippen LogP contribution is 2.41. The van der Waals surface area contributed by atoms with Crippen LogP contribution in [0.5, 0.6) is 0 Å². The molecule has 3 heteroatoms. The van der Waals surface area contributed by atoms with E-state index >= 15 is 0 Å². The first-order valence-electron chi connectivity index (χ1n) is 13.2. The van der Waals surface area contributed by atoms with Crippen LogP contribution in [0.3, 0.4) is 0 Å². The van der Waals surface area contributed by atoms with E-state index in [1.165, 1.54) is 50.1 Å². The number of para-hydroxylation sites is 1. The molecule has 0 bridgehead atoms. The molecule has 0 aliphatic heterocycles. The third-order valence-electron chi connectivity index (χ3n) is 7.30. The Labute approximate surface area is 226 Å². The van der Waals surface area contributed by atoms with Gasteiger partial charge in [0.1, 0.15) is 0 Å². The Balaban J connectivity index is 1.68. The molecule has 0 amide bonds. The number of hydrogen-bond acceptors (Lipinski definition) is 3. The molecular weight excluding hydrogens is 462 g/mol. The molecule has 0 spiro atoms. The van der Waals surface area contributed by atoms with E-state index < -0.39 is 0 Å². The van der Waals surface area contributed by atoms with E-state index in [2.05, 4.69) is 117 Å². The lowest BCUT2D eigenvalue weighted by molar-refractivity contribution is 0.919. The van der Waals surface area contributed by atoms with E-state index in [0.29, 0.717) is 5.95 Å². The molecule has 0 saturated heterocycles. The summed E-state index contributed by atoms with van der Waals surface area (Å²) in [5.41, 5.74) is 14.1. The number of rotatable bonds is 6. The zero-order valence-electron chi connectivity index (χ0n) is 23.2. The molecule has 0 saturated carbocycles. The normalized spacial score (nSPS) is 11.1. The smallest absolute Gasteiger partial charge is 0.234 e. The number of benzene rings is 4.